The average molecular weight is 403 g/mol. The van der Waals surface area contributed by atoms with Crippen LogP contribution in [0, 0.1) is 5.92 Å². The lowest BCUT2D eigenvalue weighted by atomic mass is 9.89. The molecule has 1 saturated heterocycles. The summed E-state index contributed by atoms with van der Waals surface area (Å²) in [6.07, 6.45) is 8.71. The maximum atomic E-state index is 13.1. The maximum Gasteiger partial charge on any atom is 0.326 e. The number of nitrogens with one attached hydrogen (secondary N) is 2. The first kappa shape index (κ1) is 21.4. The van der Waals surface area contributed by atoms with Gasteiger partial charge in [-0.25, -0.2) is 5.48 Å². The lowest BCUT2D eigenvalue weighted by Crippen LogP contribution is -2.56. The third kappa shape index (κ3) is 5.62. The molecule has 2 heterocycles. The van der Waals surface area contributed by atoms with Gasteiger partial charge in [0, 0.05) is 32.0 Å². The molecule has 8 nitrogen and oxygen atoms in total. The normalized spacial score (nSPS) is 23.8. The Balaban J connectivity index is 1.62. The van der Waals surface area contributed by atoms with Gasteiger partial charge < -0.3 is 9.47 Å². The van der Waals surface area contributed by atoms with Gasteiger partial charge in [-0.15, -0.1) is 0 Å². The number of carbonyl (C=O) groups excluding carboxylic acids is 2. The summed E-state index contributed by atoms with van der Waals surface area (Å²) >= 11 is 0. The molecule has 158 valence electrons. The minimum atomic E-state index is -0.738. The predicted molar refractivity (Wildman–Crippen MR) is 106 cm³/mol. The zero-order valence-corrected chi connectivity index (χ0v) is 16.7. The quantitative estimate of drug-likeness (QED) is 0.276. The van der Waals surface area contributed by atoms with Gasteiger partial charge in [0.15, 0.2) is 0 Å². The number of rotatable bonds is 7. The fourth-order valence-electron chi connectivity index (χ4n) is 3.82. The van der Waals surface area contributed by atoms with Crippen molar-refractivity contribution >= 4 is 18.0 Å². The number of amides is 1. The van der Waals surface area contributed by atoms with E-state index in [0.717, 1.165) is 24.8 Å². The second kappa shape index (κ2) is 9.96. The lowest BCUT2D eigenvalue weighted by Gasteiger charge is -2.37. The Hall–Kier alpha value is -2.29. The van der Waals surface area contributed by atoms with E-state index in [1.807, 2.05) is 6.07 Å². The molecule has 2 fully saturated rings. The molecule has 1 aliphatic carbocycles. The number of ether oxygens (including phenoxy) is 2. The van der Waals surface area contributed by atoms with Crippen molar-refractivity contribution in [1.29, 1.82) is 0 Å². The molecular weight excluding hydrogens is 374 g/mol. The number of nitrogens with zero attached hydrogens (tertiary/aromatic N) is 1. The molecule has 2 unspecified atom stereocenters. The monoisotopic (exact) mass is 403 g/mol. The lowest BCUT2D eigenvalue weighted by molar-refractivity contribution is -0.163. The Morgan fingerprint density at radius 3 is 2.76 bits per heavy atom. The van der Waals surface area contributed by atoms with E-state index < -0.39 is 11.4 Å². The van der Waals surface area contributed by atoms with E-state index in [4.69, 9.17) is 14.7 Å². The molecule has 0 spiro atoms. The molecule has 2 atom stereocenters. The average Bonchev–Trinajstić information content (AvgIpc) is 3.16. The highest BCUT2D eigenvalue weighted by molar-refractivity contribution is 5.90. The Kier molecular flexibility index (Phi) is 7.35. The number of hydrogen-bond donors (Lipinski definition) is 3. The molecule has 29 heavy (non-hydrogen) atoms. The van der Waals surface area contributed by atoms with Crippen LogP contribution in [0.1, 0.15) is 50.3 Å². The Morgan fingerprint density at radius 1 is 1.34 bits per heavy atom. The van der Waals surface area contributed by atoms with Crippen LogP contribution in [0.4, 0.5) is 0 Å². The first-order valence-corrected chi connectivity index (χ1v) is 10.1. The van der Waals surface area contributed by atoms with Crippen molar-refractivity contribution in [3.05, 3.63) is 35.7 Å². The number of pyridine rings is 1. The van der Waals surface area contributed by atoms with Gasteiger partial charge in [0.25, 0.3) is 5.91 Å². The number of hydrogen-bond acceptors (Lipinski definition) is 7. The summed E-state index contributed by atoms with van der Waals surface area (Å²) < 4.78 is 11.4. The van der Waals surface area contributed by atoms with Crippen LogP contribution in [-0.2, 0) is 25.6 Å². The van der Waals surface area contributed by atoms with Gasteiger partial charge in [0.1, 0.15) is 11.6 Å². The van der Waals surface area contributed by atoms with Gasteiger partial charge in [-0.3, -0.25) is 25.1 Å². The fourth-order valence-corrected chi connectivity index (χ4v) is 3.82. The van der Waals surface area contributed by atoms with Crippen molar-refractivity contribution in [1.82, 2.24) is 15.8 Å². The van der Waals surface area contributed by atoms with E-state index in [1.165, 1.54) is 17.6 Å². The highest BCUT2D eigenvalue weighted by atomic mass is 16.5. The zero-order chi connectivity index (χ0) is 20.7. The first-order valence-electron chi connectivity index (χ1n) is 10.1. The Morgan fingerprint density at radius 2 is 2.14 bits per heavy atom. The molecule has 0 bridgehead atoms. The highest BCUT2D eigenvalue weighted by Gasteiger charge is 2.43. The summed E-state index contributed by atoms with van der Waals surface area (Å²) in [5.74, 6) is -0.385. The van der Waals surface area contributed by atoms with Crippen LogP contribution in [0.2, 0.25) is 0 Å². The Bertz CT molecular complexity index is 728. The molecule has 3 N–H and O–H groups in total. The molecule has 8 heteroatoms. The molecule has 2 aliphatic rings. The van der Waals surface area contributed by atoms with Crippen molar-refractivity contribution in [2.75, 3.05) is 13.2 Å². The van der Waals surface area contributed by atoms with Crippen LogP contribution < -0.4 is 10.8 Å². The molecule has 0 aromatic carbocycles. The van der Waals surface area contributed by atoms with Gasteiger partial charge in [0.05, 0.1) is 5.69 Å². The summed E-state index contributed by atoms with van der Waals surface area (Å²) in [5, 5.41) is 11.9. The topological polar surface area (TPSA) is 110 Å². The van der Waals surface area contributed by atoms with Crippen LogP contribution in [-0.4, -0.2) is 46.9 Å². The number of hydroxylamine groups is 1. The maximum absolute atomic E-state index is 13.1. The van der Waals surface area contributed by atoms with Crippen molar-refractivity contribution in [3.63, 3.8) is 0 Å². The van der Waals surface area contributed by atoms with Crippen LogP contribution in [0.15, 0.2) is 24.4 Å². The largest absolute Gasteiger partial charge is 0.461 e. The molecule has 1 amide bonds. The van der Waals surface area contributed by atoms with Gasteiger partial charge in [-0.05, 0) is 55.7 Å². The standard InChI is InChI=1S/C21H29N3O5/c1-15-3-2-4-18(15)29-20(26)21(9-11-28-12-10-21)23-14-16-5-6-17(22-13-16)7-8-19(25)24-27/h5-8,13,15,18,23,27H,2-4,9-12,14H2,1H3,(H,24,25)/b8-7+. The van der Waals surface area contributed by atoms with Crippen molar-refractivity contribution in [2.24, 2.45) is 5.92 Å². The third-order valence-electron chi connectivity index (χ3n) is 5.77. The van der Waals surface area contributed by atoms with Crippen molar-refractivity contribution in [2.45, 2.75) is 57.2 Å². The van der Waals surface area contributed by atoms with Crippen LogP contribution >= 0.6 is 0 Å². The molecule has 0 radical (unpaired) electrons. The second-order valence-corrected chi connectivity index (χ2v) is 7.80. The van der Waals surface area contributed by atoms with Crippen molar-refractivity contribution in [3.8, 4) is 0 Å². The fraction of sp³-hybridized carbons (Fsp3) is 0.571. The van der Waals surface area contributed by atoms with Gasteiger partial charge in [0.2, 0.25) is 0 Å². The van der Waals surface area contributed by atoms with Crippen LogP contribution in [0.3, 0.4) is 0 Å². The summed E-state index contributed by atoms with van der Waals surface area (Å²) in [4.78, 5) is 28.4. The van der Waals surface area contributed by atoms with Crippen LogP contribution in [0.5, 0.6) is 0 Å². The molecular formula is C21H29N3O5. The van der Waals surface area contributed by atoms with E-state index in [2.05, 4.69) is 17.2 Å². The van der Waals surface area contributed by atoms with Gasteiger partial charge in [-0.1, -0.05) is 13.0 Å². The number of esters is 1. The van der Waals surface area contributed by atoms with E-state index >= 15 is 0 Å². The molecule has 1 aromatic heterocycles. The predicted octanol–water partition coefficient (Wildman–Crippen LogP) is 1.97. The Labute approximate surface area is 170 Å². The van der Waals surface area contributed by atoms with E-state index in [-0.39, 0.29) is 12.1 Å². The molecule has 1 aliphatic heterocycles. The van der Waals surface area contributed by atoms with Gasteiger partial charge in [-0.2, -0.15) is 0 Å². The minimum absolute atomic E-state index is 0.00729. The molecule has 1 saturated carbocycles. The second-order valence-electron chi connectivity index (χ2n) is 7.80. The number of carbonyl (C=O) groups is 2. The molecule has 1 aromatic rings. The SMILES string of the molecule is CC1CCCC1OC(=O)C1(NCc2ccc(/C=C/C(=O)NO)nc2)CCOCC1. The molecule has 3 rings (SSSR count). The van der Waals surface area contributed by atoms with Crippen LogP contribution in [0.25, 0.3) is 6.08 Å². The van der Waals surface area contributed by atoms with Crippen molar-refractivity contribution < 1.29 is 24.3 Å². The summed E-state index contributed by atoms with van der Waals surface area (Å²) in [7, 11) is 0. The van der Waals surface area contributed by atoms with E-state index in [1.54, 1.807) is 12.3 Å². The summed E-state index contributed by atoms with van der Waals surface area (Å²) in [6, 6.07) is 3.65. The van der Waals surface area contributed by atoms with Gasteiger partial charge >= 0.3 is 5.97 Å². The summed E-state index contributed by atoms with van der Waals surface area (Å²) in [6.45, 7) is 3.67. The minimum Gasteiger partial charge on any atom is -0.461 e. The number of aromatic nitrogens is 1. The first-order chi connectivity index (χ1) is 14.0. The van der Waals surface area contributed by atoms with E-state index in [0.29, 0.717) is 44.2 Å². The highest BCUT2D eigenvalue weighted by Crippen LogP contribution is 2.31. The zero-order valence-electron chi connectivity index (χ0n) is 16.7. The summed E-state index contributed by atoms with van der Waals surface area (Å²) in [5.41, 5.74) is 2.30. The third-order valence-corrected chi connectivity index (χ3v) is 5.77. The van der Waals surface area contributed by atoms with E-state index in [9.17, 15) is 9.59 Å². The smallest absolute Gasteiger partial charge is 0.326 e.